The molecule has 0 aliphatic carbocycles. The molecule has 1 N–H and O–H groups in total. The lowest BCUT2D eigenvalue weighted by Crippen LogP contribution is -2.48. The molecule has 2 atom stereocenters. The molecule has 4 nitrogen and oxygen atoms in total. The van der Waals surface area contributed by atoms with E-state index in [1.807, 2.05) is 23.7 Å². The van der Waals surface area contributed by atoms with Gasteiger partial charge in [0.25, 0.3) is 0 Å². The molecule has 0 radical (unpaired) electrons. The number of thioether (sulfide) groups is 1. The first-order valence-electron chi connectivity index (χ1n) is 6.46. The topological polar surface area (TPSA) is 41.6 Å². The highest BCUT2D eigenvalue weighted by molar-refractivity contribution is 7.99. The predicted octanol–water partition coefficient (Wildman–Crippen LogP) is 0.719. The van der Waals surface area contributed by atoms with Gasteiger partial charge >= 0.3 is 0 Å². The SMILES string of the molecule is CNC1COCCN(CC2CCCCS2)C1=O. The second-order valence-electron chi connectivity index (χ2n) is 4.69. The van der Waals surface area contributed by atoms with E-state index in [9.17, 15) is 4.79 Å². The largest absolute Gasteiger partial charge is 0.377 e. The van der Waals surface area contributed by atoms with Crippen molar-refractivity contribution in [2.75, 3.05) is 39.1 Å². The predicted molar refractivity (Wildman–Crippen MR) is 70.3 cm³/mol. The Hall–Kier alpha value is -0.260. The Bertz CT molecular complexity index is 257. The molecule has 2 aliphatic rings. The van der Waals surface area contributed by atoms with Crippen LogP contribution in [0.5, 0.6) is 0 Å². The first-order chi connectivity index (χ1) is 8.31. The average Bonchev–Trinajstić information content (AvgIpc) is 2.54. The third-order valence-corrected chi connectivity index (χ3v) is 4.83. The molecule has 0 saturated carbocycles. The van der Waals surface area contributed by atoms with Crippen LogP contribution in [0.3, 0.4) is 0 Å². The molecule has 2 fully saturated rings. The molecule has 2 unspecified atom stereocenters. The first-order valence-corrected chi connectivity index (χ1v) is 7.51. The molecule has 98 valence electrons. The smallest absolute Gasteiger partial charge is 0.242 e. The number of hydrogen-bond donors (Lipinski definition) is 1. The Morgan fingerprint density at radius 2 is 2.41 bits per heavy atom. The van der Waals surface area contributed by atoms with Gasteiger partial charge in [0.05, 0.1) is 13.2 Å². The lowest BCUT2D eigenvalue weighted by atomic mass is 10.1. The molecule has 2 aliphatic heterocycles. The third kappa shape index (κ3) is 3.60. The van der Waals surface area contributed by atoms with E-state index in [1.54, 1.807) is 0 Å². The summed E-state index contributed by atoms with van der Waals surface area (Å²) in [6, 6.07) is -0.161. The molecule has 2 saturated heterocycles. The highest BCUT2D eigenvalue weighted by Crippen LogP contribution is 2.26. The Morgan fingerprint density at radius 1 is 1.53 bits per heavy atom. The summed E-state index contributed by atoms with van der Waals surface area (Å²) >= 11 is 2.02. The molecule has 0 bridgehead atoms. The van der Waals surface area contributed by atoms with Gasteiger partial charge in [-0.1, -0.05) is 6.42 Å². The van der Waals surface area contributed by atoms with Crippen molar-refractivity contribution in [3.05, 3.63) is 0 Å². The minimum absolute atomic E-state index is 0.161. The molecule has 0 aromatic heterocycles. The van der Waals surface area contributed by atoms with Gasteiger partial charge in [0.2, 0.25) is 5.91 Å². The fourth-order valence-electron chi connectivity index (χ4n) is 2.36. The Morgan fingerprint density at radius 3 is 3.12 bits per heavy atom. The first kappa shape index (κ1) is 13.2. The van der Waals surface area contributed by atoms with Gasteiger partial charge in [-0.3, -0.25) is 4.79 Å². The van der Waals surface area contributed by atoms with Gasteiger partial charge in [0, 0.05) is 18.3 Å². The quantitative estimate of drug-likeness (QED) is 0.810. The van der Waals surface area contributed by atoms with Crippen molar-refractivity contribution in [1.82, 2.24) is 10.2 Å². The van der Waals surface area contributed by atoms with Gasteiger partial charge in [-0.25, -0.2) is 0 Å². The van der Waals surface area contributed by atoms with Gasteiger partial charge in [-0.2, -0.15) is 11.8 Å². The molecule has 0 spiro atoms. The van der Waals surface area contributed by atoms with Crippen LogP contribution in [0.2, 0.25) is 0 Å². The highest BCUT2D eigenvalue weighted by Gasteiger charge is 2.28. The molecular formula is C12H22N2O2S. The molecule has 2 heterocycles. The van der Waals surface area contributed by atoms with E-state index in [2.05, 4.69) is 5.32 Å². The number of ether oxygens (including phenoxy) is 1. The molecule has 1 amide bonds. The number of nitrogens with zero attached hydrogens (tertiary/aromatic N) is 1. The third-order valence-electron chi connectivity index (χ3n) is 3.45. The zero-order chi connectivity index (χ0) is 12.1. The number of nitrogens with one attached hydrogen (secondary N) is 1. The number of carbonyl (C=O) groups excluding carboxylic acids is 1. The minimum Gasteiger partial charge on any atom is -0.377 e. The summed E-state index contributed by atoms with van der Waals surface area (Å²) < 4.78 is 5.46. The fourth-order valence-corrected chi connectivity index (χ4v) is 3.69. The van der Waals surface area contributed by atoms with Crippen LogP contribution in [0.4, 0.5) is 0 Å². The van der Waals surface area contributed by atoms with Crippen LogP contribution < -0.4 is 5.32 Å². The van der Waals surface area contributed by atoms with Crippen molar-refractivity contribution < 1.29 is 9.53 Å². The van der Waals surface area contributed by atoms with Crippen molar-refractivity contribution >= 4 is 17.7 Å². The summed E-state index contributed by atoms with van der Waals surface area (Å²) in [7, 11) is 1.82. The number of carbonyl (C=O) groups is 1. The van der Waals surface area contributed by atoms with Crippen molar-refractivity contribution in [3.8, 4) is 0 Å². The van der Waals surface area contributed by atoms with Crippen molar-refractivity contribution in [1.29, 1.82) is 0 Å². The summed E-state index contributed by atoms with van der Waals surface area (Å²) in [5.74, 6) is 1.45. The van der Waals surface area contributed by atoms with E-state index in [0.29, 0.717) is 18.5 Å². The summed E-state index contributed by atoms with van der Waals surface area (Å²) in [6.45, 7) is 2.81. The van der Waals surface area contributed by atoms with E-state index in [0.717, 1.165) is 13.1 Å². The van der Waals surface area contributed by atoms with Crippen LogP contribution in [0, 0.1) is 0 Å². The van der Waals surface area contributed by atoms with Crippen LogP contribution in [-0.4, -0.2) is 61.2 Å². The van der Waals surface area contributed by atoms with Crippen molar-refractivity contribution in [2.24, 2.45) is 0 Å². The van der Waals surface area contributed by atoms with Crippen LogP contribution in [-0.2, 0) is 9.53 Å². The summed E-state index contributed by atoms with van der Waals surface area (Å²) in [5.41, 5.74) is 0. The zero-order valence-corrected chi connectivity index (χ0v) is 11.3. The summed E-state index contributed by atoms with van der Waals surface area (Å²) in [4.78, 5) is 14.2. The number of amides is 1. The molecule has 17 heavy (non-hydrogen) atoms. The summed E-state index contributed by atoms with van der Waals surface area (Å²) in [5, 5.41) is 3.67. The second kappa shape index (κ2) is 6.61. The number of rotatable bonds is 3. The zero-order valence-electron chi connectivity index (χ0n) is 10.5. The minimum atomic E-state index is -0.161. The lowest BCUT2D eigenvalue weighted by Gasteiger charge is -2.29. The summed E-state index contributed by atoms with van der Waals surface area (Å²) in [6.07, 6.45) is 3.89. The molecule has 0 aromatic carbocycles. The van der Waals surface area contributed by atoms with Gasteiger partial charge in [0.15, 0.2) is 0 Å². The normalized spacial score (nSPS) is 31.4. The Kier molecular flexibility index (Phi) is 5.13. The molecule has 2 rings (SSSR count). The van der Waals surface area contributed by atoms with E-state index in [4.69, 9.17) is 4.74 Å². The van der Waals surface area contributed by atoms with Gasteiger partial charge in [-0.05, 0) is 25.6 Å². The molecule has 0 aromatic rings. The van der Waals surface area contributed by atoms with Gasteiger partial charge in [-0.15, -0.1) is 0 Å². The number of hydrogen-bond acceptors (Lipinski definition) is 4. The maximum Gasteiger partial charge on any atom is 0.242 e. The molecule has 5 heteroatoms. The van der Waals surface area contributed by atoms with E-state index in [-0.39, 0.29) is 11.9 Å². The van der Waals surface area contributed by atoms with E-state index in [1.165, 1.54) is 25.0 Å². The van der Waals surface area contributed by atoms with Crippen molar-refractivity contribution in [3.63, 3.8) is 0 Å². The van der Waals surface area contributed by atoms with E-state index < -0.39 is 0 Å². The van der Waals surface area contributed by atoms with E-state index >= 15 is 0 Å². The standard InChI is InChI=1S/C12H22N2O2S/c1-13-11-9-16-6-5-14(12(11)15)8-10-4-2-3-7-17-10/h10-11,13H,2-9H2,1H3. The average molecular weight is 258 g/mol. The van der Waals surface area contributed by atoms with Gasteiger partial charge in [0.1, 0.15) is 6.04 Å². The van der Waals surface area contributed by atoms with Crippen LogP contribution in [0.15, 0.2) is 0 Å². The fraction of sp³-hybridized carbons (Fsp3) is 0.917. The Labute approximate surface area is 107 Å². The monoisotopic (exact) mass is 258 g/mol. The number of likely N-dealkylation sites (N-methyl/N-ethyl adjacent to an activating group) is 1. The van der Waals surface area contributed by atoms with Gasteiger partial charge < -0.3 is 15.0 Å². The van der Waals surface area contributed by atoms with Crippen LogP contribution >= 0.6 is 11.8 Å². The molecular weight excluding hydrogens is 236 g/mol. The maximum atomic E-state index is 12.2. The lowest BCUT2D eigenvalue weighted by molar-refractivity contribution is -0.132. The highest BCUT2D eigenvalue weighted by atomic mass is 32.2. The van der Waals surface area contributed by atoms with Crippen LogP contribution in [0.25, 0.3) is 0 Å². The maximum absolute atomic E-state index is 12.2. The second-order valence-corrected chi connectivity index (χ2v) is 6.10. The van der Waals surface area contributed by atoms with Crippen molar-refractivity contribution in [2.45, 2.75) is 30.6 Å². The Balaban J connectivity index is 1.90. The van der Waals surface area contributed by atoms with Crippen LogP contribution in [0.1, 0.15) is 19.3 Å².